The molecule has 64 valence electrons. The molecule has 0 saturated carbocycles. The van der Waals surface area contributed by atoms with E-state index in [1.807, 2.05) is 6.07 Å². The summed E-state index contributed by atoms with van der Waals surface area (Å²) < 4.78 is 23.0. The molecule has 0 aliphatic heterocycles. The molecule has 0 atom stereocenters. The van der Waals surface area contributed by atoms with Crippen molar-refractivity contribution >= 4 is 21.2 Å². The maximum absolute atomic E-state index is 11.3. The van der Waals surface area contributed by atoms with Gasteiger partial charge in [-0.15, -0.1) is 11.3 Å². The Hall–Kier alpha value is -0.860. The Morgan fingerprint density at radius 1 is 1.58 bits per heavy atom. The van der Waals surface area contributed by atoms with Crippen LogP contribution >= 0.6 is 11.3 Å². The molecule has 5 heteroatoms. The first-order valence-electron chi connectivity index (χ1n) is 3.30. The maximum Gasteiger partial charge on any atom is 0.188 e. The predicted octanol–water partition coefficient (Wildman–Crippen LogP) is 1.44. The summed E-state index contributed by atoms with van der Waals surface area (Å²) in [7, 11) is -3.18. The van der Waals surface area contributed by atoms with Crippen molar-refractivity contribution < 1.29 is 8.42 Å². The normalized spacial score (nSPS) is 10.9. The van der Waals surface area contributed by atoms with Gasteiger partial charge in [0.1, 0.15) is 4.21 Å². The Labute approximate surface area is 75.2 Å². The molecule has 0 saturated heterocycles. The quantitative estimate of drug-likeness (QED) is 0.743. The smallest absolute Gasteiger partial charge is 0.188 e. The highest BCUT2D eigenvalue weighted by atomic mass is 32.2. The molecule has 1 heterocycles. The second kappa shape index (κ2) is 3.70. The zero-order valence-corrected chi connectivity index (χ0v) is 7.86. The van der Waals surface area contributed by atoms with Gasteiger partial charge in [0.2, 0.25) is 0 Å². The number of nitriles is 1. The van der Waals surface area contributed by atoms with Gasteiger partial charge in [-0.2, -0.15) is 5.26 Å². The molecule has 0 spiro atoms. The van der Waals surface area contributed by atoms with Crippen molar-refractivity contribution in [3.63, 3.8) is 0 Å². The molecule has 0 aliphatic rings. The van der Waals surface area contributed by atoms with Crippen LogP contribution in [0.2, 0.25) is 0 Å². The zero-order chi connectivity index (χ0) is 9.03. The highest BCUT2D eigenvalue weighted by Gasteiger charge is 2.13. The molecule has 0 amide bonds. The first kappa shape index (κ1) is 9.23. The van der Waals surface area contributed by atoms with Crippen LogP contribution in [0.15, 0.2) is 21.7 Å². The van der Waals surface area contributed by atoms with Gasteiger partial charge in [-0.25, -0.2) is 8.42 Å². The fourth-order valence-electron chi connectivity index (χ4n) is 0.721. The second-order valence-electron chi connectivity index (χ2n) is 2.16. The number of rotatable bonds is 3. The molecular formula is C7H7NO2S2. The molecule has 0 aromatic carbocycles. The van der Waals surface area contributed by atoms with E-state index in [4.69, 9.17) is 5.26 Å². The molecule has 1 aromatic rings. The lowest BCUT2D eigenvalue weighted by Gasteiger charge is -1.95. The minimum atomic E-state index is -3.18. The topological polar surface area (TPSA) is 57.9 Å². The molecule has 0 fully saturated rings. The fraction of sp³-hybridized carbons (Fsp3) is 0.286. The summed E-state index contributed by atoms with van der Waals surface area (Å²) in [4.78, 5) is 0. The highest BCUT2D eigenvalue weighted by molar-refractivity contribution is 7.93. The highest BCUT2D eigenvalue weighted by Crippen LogP contribution is 2.17. The summed E-state index contributed by atoms with van der Waals surface area (Å²) in [6.45, 7) is 0. The first-order chi connectivity index (χ1) is 5.67. The van der Waals surface area contributed by atoms with E-state index in [2.05, 4.69) is 0 Å². The molecule has 0 aliphatic carbocycles. The predicted molar refractivity (Wildman–Crippen MR) is 46.6 cm³/mol. The van der Waals surface area contributed by atoms with E-state index >= 15 is 0 Å². The minimum Gasteiger partial charge on any atom is -0.223 e. The average Bonchev–Trinajstić information content (AvgIpc) is 2.53. The molecule has 1 aromatic heterocycles. The number of nitrogens with zero attached hydrogens (tertiary/aromatic N) is 1. The molecule has 0 unspecified atom stereocenters. The van der Waals surface area contributed by atoms with Crippen molar-refractivity contribution in [2.45, 2.75) is 10.6 Å². The van der Waals surface area contributed by atoms with Crippen molar-refractivity contribution in [3.05, 3.63) is 17.5 Å². The fourth-order valence-corrected chi connectivity index (χ4v) is 3.02. The summed E-state index contributed by atoms with van der Waals surface area (Å²) in [5.41, 5.74) is 0. The van der Waals surface area contributed by atoms with E-state index in [9.17, 15) is 8.42 Å². The average molecular weight is 201 g/mol. The number of sulfone groups is 1. The maximum atomic E-state index is 11.3. The van der Waals surface area contributed by atoms with Gasteiger partial charge in [-0.05, 0) is 11.4 Å². The Morgan fingerprint density at radius 3 is 2.83 bits per heavy atom. The van der Waals surface area contributed by atoms with Crippen LogP contribution in [0.3, 0.4) is 0 Å². The Kier molecular flexibility index (Phi) is 2.84. The van der Waals surface area contributed by atoms with Crippen LogP contribution in [0.5, 0.6) is 0 Å². The monoisotopic (exact) mass is 201 g/mol. The van der Waals surface area contributed by atoms with Crippen LogP contribution in [0.25, 0.3) is 0 Å². The number of hydrogen-bond donors (Lipinski definition) is 0. The second-order valence-corrected chi connectivity index (χ2v) is 5.44. The molecule has 0 N–H and O–H groups in total. The summed E-state index contributed by atoms with van der Waals surface area (Å²) in [5.74, 6) is -0.0794. The lowest BCUT2D eigenvalue weighted by atomic mass is 10.6. The first-order valence-corrected chi connectivity index (χ1v) is 5.83. The van der Waals surface area contributed by atoms with Gasteiger partial charge in [-0.3, -0.25) is 0 Å². The van der Waals surface area contributed by atoms with Crippen LogP contribution < -0.4 is 0 Å². The van der Waals surface area contributed by atoms with Crippen molar-refractivity contribution in [3.8, 4) is 6.07 Å². The van der Waals surface area contributed by atoms with Gasteiger partial charge in [0, 0.05) is 6.42 Å². The van der Waals surface area contributed by atoms with E-state index in [-0.39, 0.29) is 12.2 Å². The largest absolute Gasteiger partial charge is 0.223 e. The van der Waals surface area contributed by atoms with E-state index in [0.29, 0.717) is 4.21 Å². The Balaban J connectivity index is 2.83. The van der Waals surface area contributed by atoms with Crippen LogP contribution in [0.4, 0.5) is 0 Å². The van der Waals surface area contributed by atoms with Crippen LogP contribution in [0, 0.1) is 11.3 Å². The Bertz CT molecular complexity index is 372. The molecular weight excluding hydrogens is 194 g/mol. The molecule has 0 bridgehead atoms. The van der Waals surface area contributed by atoms with Crippen molar-refractivity contribution in [1.82, 2.24) is 0 Å². The summed E-state index contributed by atoms with van der Waals surface area (Å²) in [5, 5.41) is 9.92. The van der Waals surface area contributed by atoms with Gasteiger partial charge in [0.25, 0.3) is 0 Å². The Morgan fingerprint density at radius 2 is 2.33 bits per heavy atom. The van der Waals surface area contributed by atoms with Crippen LogP contribution in [0.1, 0.15) is 6.42 Å². The zero-order valence-electron chi connectivity index (χ0n) is 6.23. The lowest BCUT2D eigenvalue weighted by molar-refractivity contribution is 0.598. The molecule has 12 heavy (non-hydrogen) atoms. The van der Waals surface area contributed by atoms with Gasteiger partial charge in [-0.1, -0.05) is 6.07 Å². The SMILES string of the molecule is N#CCCS(=O)(=O)c1cccs1. The van der Waals surface area contributed by atoms with E-state index in [0.717, 1.165) is 0 Å². The number of hydrogen-bond acceptors (Lipinski definition) is 4. The summed E-state index contributed by atoms with van der Waals surface area (Å²) >= 11 is 1.18. The minimum absolute atomic E-state index is 0.0558. The van der Waals surface area contributed by atoms with Crippen molar-refractivity contribution in [2.24, 2.45) is 0 Å². The lowest BCUT2D eigenvalue weighted by Crippen LogP contribution is -2.03. The van der Waals surface area contributed by atoms with E-state index in [1.54, 1.807) is 17.5 Å². The van der Waals surface area contributed by atoms with Crippen LogP contribution in [-0.2, 0) is 9.84 Å². The molecule has 0 radical (unpaired) electrons. The molecule has 3 nitrogen and oxygen atoms in total. The van der Waals surface area contributed by atoms with Gasteiger partial charge >= 0.3 is 0 Å². The van der Waals surface area contributed by atoms with Gasteiger partial charge in [0.15, 0.2) is 9.84 Å². The van der Waals surface area contributed by atoms with Crippen molar-refractivity contribution in [1.29, 1.82) is 5.26 Å². The summed E-state index contributed by atoms with van der Waals surface area (Å²) in [6, 6.07) is 5.05. The van der Waals surface area contributed by atoms with Crippen molar-refractivity contribution in [2.75, 3.05) is 5.75 Å². The number of thiophene rings is 1. The standard InChI is InChI=1S/C7H7NO2S2/c8-4-2-6-12(9,10)7-3-1-5-11-7/h1,3,5H,2,6H2. The van der Waals surface area contributed by atoms with E-state index in [1.165, 1.54) is 11.3 Å². The van der Waals surface area contributed by atoms with Gasteiger partial charge < -0.3 is 0 Å². The summed E-state index contributed by atoms with van der Waals surface area (Å²) in [6.07, 6.45) is 0.0558. The third-order valence-electron chi connectivity index (χ3n) is 1.28. The van der Waals surface area contributed by atoms with Gasteiger partial charge in [0.05, 0.1) is 11.8 Å². The molecule has 1 rings (SSSR count). The van der Waals surface area contributed by atoms with Crippen LogP contribution in [-0.4, -0.2) is 14.2 Å². The third kappa shape index (κ3) is 2.06. The van der Waals surface area contributed by atoms with E-state index < -0.39 is 9.84 Å². The third-order valence-corrected chi connectivity index (χ3v) is 4.49.